The van der Waals surface area contributed by atoms with Gasteiger partial charge in [0.05, 0.1) is 23.4 Å². The molecule has 2 fully saturated rings. The maximum absolute atomic E-state index is 13.4. The topological polar surface area (TPSA) is 136 Å². The molecule has 3 amide bonds. The summed E-state index contributed by atoms with van der Waals surface area (Å²) in [5.74, 6) is -1.04. The molecule has 3 aromatic rings. The highest BCUT2D eigenvalue weighted by molar-refractivity contribution is 5.99. The van der Waals surface area contributed by atoms with Gasteiger partial charge in [0.25, 0.3) is 0 Å². The highest BCUT2D eigenvalue weighted by Gasteiger charge is 2.42. The zero-order valence-electron chi connectivity index (χ0n) is 21.7. The fourth-order valence-electron chi connectivity index (χ4n) is 5.20. The van der Waals surface area contributed by atoms with E-state index < -0.39 is 30.1 Å². The van der Waals surface area contributed by atoms with Crippen LogP contribution >= 0.6 is 0 Å². The molecule has 5 N–H and O–H groups in total. The molecule has 3 heterocycles. The number of nitrogens with one attached hydrogen (secondary N) is 4. The molecule has 0 saturated carbocycles. The second-order valence-corrected chi connectivity index (χ2v) is 10.1. The molecule has 2 saturated heterocycles. The highest BCUT2D eigenvalue weighted by atomic mass is 16.3. The van der Waals surface area contributed by atoms with E-state index in [1.165, 1.54) is 4.90 Å². The third kappa shape index (κ3) is 6.59. The van der Waals surface area contributed by atoms with E-state index in [-0.39, 0.29) is 31.2 Å². The van der Waals surface area contributed by atoms with Crippen LogP contribution in [0.15, 0.2) is 66.9 Å². The Morgan fingerprint density at radius 1 is 1.08 bits per heavy atom. The van der Waals surface area contributed by atoms with Crippen molar-refractivity contribution in [1.82, 2.24) is 25.8 Å². The van der Waals surface area contributed by atoms with Crippen LogP contribution in [0.25, 0.3) is 10.9 Å². The third-order valence-corrected chi connectivity index (χ3v) is 7.28. The van der Waals surface area contributed by atoms with Crippen molar-refractivity contribution in [3.8, 4) is 0 Å². The molecule has 5 rings (SSSR count). The van der Waals surface area contributed by atoms with E-state index >= 15 is 0 Å². The zero-order valence-corrected chi connectivity index (χ0v) is 21.7. The summed E-state index contributed by atoms with van der Waals surface area (Å²) in [7, 11) is 0. The number of aryl methyl sites for hydroxylation is 1. The molecule has 2 aliphatic heterocycles. The van der Waals surface area contributed by atoms with Crippen LogP contribution in [0.1, 0.15) is 18.4 Å². The predicted molar refractivity (Wildman–Crippen MR) is 148 cm³/mol. The summed E-state index contributed by atoms with van der Waals surface area (Å²) < 4.78 is 0. The number of rotatable bonds is 8. The number of para-hydroxylation sites is 1. The first-order valence-corrected chi connectivity index (χ1v) is 13.4. The van der Waals surface area contributed by atoms with Crippen LogP contribution in [0.5, 0.6) is 0 Å². The van der Waals surface area contributed by atoms with Gasteiger partial charge >= 0.3 is 0 Å². The molecule has 1 unspecified atom stereocenters. The van der Waals surface area contributed by atoms with E-state index in [9.17, 15) is 19.5 Å². The van der Waals surface area contributed by atoms with Crippen molar-refractivity contribution in [2.45, 2.75) is 43.5 Å². The molecule has 39 heavy (non-hydrogen) atoms. The number of aliphatic hydroxyl groups excluding tert-OH is 1. The van der Waals surface area contributed by atoms with Crippen LogP contribution < -0.4 is 21.3 Å². The van der Waals surface area contributed by atoms with Gasteiger partial charge in [0.1, 0.15) is 12.1 Å². The number of anilines is 1. The molecule has 0 aliphatic carbocycles. The number of aliphatic hydroxyl groups is 1. The molecular formula is C29H34N6O4. The Bertz CT molecular complexity index is 1310. The van der Waals surface area contributed by atoms with Crippen molar-refractivity contribution in [3.63, 3.8) is 0 Å². The minimum Gasteiger partial charge on any atom is -0.383 e. The van der Waals surface area contributed by atoms with E-state index in [0.29, 0.717) is 25.2 Å². The monoisotopic (exact) mass is 530 g/mol. The lowest BCUT2D eigenvalue weighted by Crippen LogP contribution is -2.58. The van der Waals surface area contributed by atoms with E-state index in [0.717, 1.165) is 23.0 Å². The van der Waals surface area contributed by atoms with Gasteiger partial charge in [-0.25, -0.2) is 0 Å². The van der Waals surface area contributed by atoms with E-state index in [4.69, 9.17) is 0 Å². The molecule has 2 aliphatic rings. The first-order chi connectivity index (χ1) is 19.0. The normalized spacial score (nSPS) is 21.9. The van der Waals surface area contributed by atoms with Gasteiger partial charge < -0.3 is 31.3 Å². The van der Waals surface area contributed by atoms with Crippen molar-refractivity contribution in [2.24, 2.45) is 0 Å². The SMILES string of the molecule is O=C(N[C@@H]1C[C@@H](C(=O)Nc2cnc3ccccc3c2)N(C(=O)C2CNCCN2)C1)[C@H](O)CCc1ccccc1. The minimum absolute atomic E-state index is 0.183. The molecule has 204 valence electrons. The van der Waals surface area contributed by atoms with Crippen molar-refractivity contribution < 1.29 is 19.5 Å². The number of carbonyl (C=O) groups is 3. The van der Waals surface area contributed by atoms with Crippen LogP contribution in [0.3, 0.4) is 0 Å². The Hall–Kier alpha value is -3.86. The molecule has 0 bridgehead atoms. The number of carbonyl (C=O) groups excluding carboxylic acids is 3. The number of pyridine rings is 1. The zero-order chi connectivity index (χ0) is 27.2. The smallest absolute Gasteiger partial charge is 0.249 e. The Labute approximate surface area is 227 Å². The molecular weight excluding hydrogens is 496 g/mol. The summed E-state index contributed by atoms with van der Waals surface area (Å²) in [6, 6.07) is 17.4. The van der Waals surface area contributed by atoms with Gasteiger partial charge in [-0.15, -0.1) is 0 Å². The van der Waals surface area contributed by atoms with Gasteiger partial charge in [-0.1, -0.05) is 48.5 Å². The second-order valence-electron chi connectivity index (χ2n) is 10.1. The standard InChI is InChI=1S/C29H34N6O4/c36-26(11-10-19-6-2-1-3-7-19)28(38)34-22-15-25(35(18-22)29(39)24-17-30-12-13-31-24)27(37)33-21-14-20-8-4-5-9-23(20)32-16-21/h1-9,14,16,22,24-26,30-31,36H,10-13,15,17-18H2,(H,33,37)(H,34,38)/t22-,24?,25+,26-/m1/s1. The van der Waals surface area contributed by atoms with Crippen LogP contribution in [0.4, 0.5) is 5.69 Å². The molecule has 1 aromatic heterocycles. The summed E-state index contributed by atoms with van der Waals surface area (Å²) in [5.41, 5.74) is 2.39. The number of nitrogens with zero attached hydrogens (tertiary/aromatic N) is 2. The predicted octanol–water partition coefficient (Wildman–Crippen LogP) is 0.814. The maximum atomic E-state index is 13.4. The number of fused-ring (bicyclic) bond motifs is 1. The second kappa shape index (κ2) is 12.3. The van der Waals surface area contributed by atoms with Crippen LogP contribution in [0, 0.1) is 0 Å². The third-order valence-electron chi connectivity index (χ3n) is 7.28. The number of aromatic nitrogens is 1. The molecule has 2 aromatic carbocycles. The lowest BCUT2D eigenvalue weighted by molar-refractivity contribution is -0.138. The Morgan fingerprint density at radius 2 is 1.87 bits per heavy atom. The molecule has 4 atom stereocenters. The number of amides is 3. The summed E-state index contributed by atoms with van der Waals surface area (Å²) >= 11 is 0. The van der Waals surface area contributed by atoms with Gasteiger partial charge in [-0.3, -0.25) is 19.4 Å². The molecule has 0 radical (unpaired) electrons. The molecule has 10 heteroatoms. The van der Waals surface area contributed by atoms with Crippen molar-refractivity contribution in [2.75, 3.05) is 31.5 Å². The lowest BCUT2D eigenvalue weighted by Gasteiger charge is -2.31. The first-order valence-electron chi connectivity index (χ1n) is 13.4. The lowest BCUT2D eigenvalue weighted by atomic mass is 10.1. The summed E-state index contributed by atoms with van der Waals surface area (Å²) in [5, 5.41) is 23.6. The average Bonchev–Trinajstić information content (AvgIpc) is 3.40. The number of hydrogen-bond acceptors (Lipinski definition) is 7. The minimum atomic E-state index is -1.19. The van der Waals surface area contributed by atoms with E-state index in [1.807, 2.05) is 60.7 Å². The van der Waals surface area contributed by atoms with Gasteiger partial charge in [0, 0.05) is 37.6 Å². The fourth-order valence-corrected chi connectivity index (χ4v) is 5.20. The maximum Gasteiger partial charge on any atom is 0.249 e. The van der Waals surface area contributed by atoms with Crippen molar-refractivity contribution >= 4 is 34.3 Å². The van der Waals surface area contributed by atoms with Crippen LogP contribution in [-0.2, 0) is 20.8 Å². The van der Waals surface area contributed by atoms with E-state index in [2.05, 4.69) is 26.3 Å². The summed E-state index contributed by atoms with van der Waals surface area (Å²) in [6.45, 7) is 2.07. The van der Waals surface area contributed by atoms with Gasteiger partial charge in [0.2, 0.25) is 17.7 Å². The number of likely N-dealkylation sites (tertiary alicyclic amines) is 1. The fraction of sp³-hybridized carbons (Fsp3) is 0.379. The van der Waals surface area contributed by atoms with Crippen molar-refractivity contribution in [3.05, 3.63) is 72.4 Å². The van der Waals surface area contributed by atoms with Gasteiger partial charge in [0.15, 0.2) is 0 Å². The molecule has 0 spiro atoms. The van der Waals surface area contributed by atoms with Gasteiger partial charge in [-0.2, -0.15) is 0 Å². The largest absolute Gasteiger partial charge is 0.383 e. The number of benzene rings is 2. The Balaban J connectivity index is 1.26. The first kappa shape index (κ1) is 26.7. The molecule has 10 nitrogen and oxygen atoms in total. The average molecular weight is 531 g/mol. The van der Waals surface area contributed by atoms with Crippen molar-refractivity contribution in [1.29, 1.82) is 0 Å². The van der Waals surface area contributed by atoms with Crippen LogP contribution in [-0.4, -0.2) is 83.1 Å². The van der Waals surface area contributed by atoms with Gasteiger partial charge in [-0.05, 0) is 37.0 Å². The Kier molecular flexibility index (Phi) is 8.45. The number of hydrogen-bond donors (Lipinski definition) is 5. The van der Waals surface area contributed by atoms with Crippen LogP contribution in [0.2, 0.25) is 0 Å². The summed E-state index contributed by atoms with van der Waals surface area (Å²) in [4.78, 5) is 45.6. The number of piperazine rings is 1. The van der Waals surface area contributed by atoms with E-state index in [1.54, 1.807) is 6.20 Å². The highest BCUT2D eigenvalue weighted by Crippen LogP contribution is 2.23. The summed E-state index contributed by atoms with van der Waals surface area (Å²) in [6.07, 6.45) is 1.50. The Morgan fingerprint density at radius 3 is 2.67 bits per heavy atom. The quantitative estimate of drug-likeness (QED) is 0.291.